The van der Waals surface area contributed by atoms with Gasteiger partial charge < -0.3 is 24.0 Å². The third kappa shape index (κ3) is 8.52. The molecule has 1 aliphatic rings. The molecule has 11 heteroatoms. The number of amides is 1. The van der Waals surface area contributed by atoms with Gasteiger partial charge in [-0.05, 0) is 81.8 Å². The van der Waals surface area contributed by atoms with Crippen LogP contribution in [-0.2, 0) is 0 Å². The summed E-state index contributed by atoms with van der Waals surface area (Å²) in [6.07, 6.45) is 11.1. The number of hydrogen-bond donors (Lipinski definition) is 1. The molecule has 0 saturated carbocycles. The highest BCUT2D eigenvalue weighted by Crippen LogP contribution is 2.29. The van der Waals surface area contributed by atoms with E-state index in [2.05, 4.69) is 12.2 Å². The van der Waals surface area contributed by atoms with Crippen LogP contribution in [0.2, 0.25) is 5.02 Å². The normalized spacial score (nSPS) is 14.2. The van der Waals surface area contributed by atoms with Crippen LogP contribution >= 0.6 is 11.6 Å². The minimum absolute atomic E-state index is 0.111. The monoisotopic (exact) mass is 680 g/mol. The Kier molecular flexibility index (Phi) is 11.7. The van der Waals surface area contributed by atoms with Gasteiger partial charge in [0.25, 0.3) is 5.91 Å². The number of hydrogen-bond acceptors (Lipinski definition) is 5. The summed E-state index contributed by atoms with van der Waals surface area (Å²) in [5.41, 5.74) is -0.0125. The smallest absolute Gasteiger partial charge is 0.261 e. The van der Waals surface area contributed by atoms with Crippen molar-refractivity contribution in [2.24, 2.45) is 0 Å². The van der Waals surface area contributed by atoms with Gasteiger partial charge in [-0.1, -0.05) is 24.4 Å². The van der Waals surface area contributed by atoms with Gasteiger partial charge in [0.15, 0.2) is 5.65 Å². The van der Waals surface area contributed by atoms with E-state index in [1.54, 1.807) is 39.8 Å². The molecule has 1 N–H and O–H groups in total. The number of nitrogens with zero attached hydrogens (tertiary/aromatic N) is 4. The first-order valence-corrected chi connectivity index (χ1v) is 17.3. The van der Waals surface area contributed by atoms with Gasteiger partial charge in [0.1, 0.15) is 28.8 Å². The zero-order valence-corrected chi connectivity index (χ0v) is 28.8. The number of carbonyl (C=O) groups excluding carboxylic acids is 1. The SMILES string of the molecule is CC[N+]1(CCCCCCCOc2cc(-n3cc(C(=O)Nc4cc(F)cc(F)c4)c(=O)c4ccc(N(C)C)nc43)ccc2Cl)CCCCC1. The van der Waals surface area contributed by atoms with E-state index in [0.29, 0.717) is 40.6 Å². The third-order valence-corrected chi connectivity index (χ3v) is 9.63. The van der Waals surface area contributed by atoms with Crippen molar-refractivity contribution in [3.05, 3.63) is 87.2 Å². The lowest BCUT2D eigenvalue weighted by Gasteiger charge is -2.41. The Labute approximate surface area is 285 Å². The number of carbonyl (C=O) groups is 1. The van der Waals surface area contributed by atoms with Crippen molar-refractivity contribution < 1.29 is 22.8 Å². The van der Waals surface area contributed by atoms with Crippen molar-refractivity contribution >= 4 is 40.0 Å². The summed E-state index contributed by atoms with van der Waals surface area (Å²) in [5, 5.41) is 3.08. The molecule has 0 spiro atoms. The number of piperidine rings is 1. The van der Waals surface area contributed by atoms with Gasteiger partial charge >= 0.3 is 0 Å². The second-order valence-corrected chi connectivity index (χ2v) is 13.3. The molecule has 1 fully saturated rings. The summed E-state index contributed by atoms with van der Waals surface area (Å²) >= 11 is 6.54. The Morgan fingerprint density at radius 1 is 0.979 bits per heavy atom. The molecule has 48 heavy (non-hydrogen) atoms. The topological polar surface area (TPSA) is 76.5 Å². The molecule has 1 amide bonds. The Bertz CT molecular complexity index is 1790. The van der Waals surface area contributed by atoms with Crippen molar-refractivity contribution in [3.63, 3.8) is 0 Å². The number of nitrogens with one attached hydrogen (secondary N) is 1. The fourth-order valence-electron chi connectivity index (χ4n) is 6.52. The van der Waals surface area contributed by atoms with Gasteiger partial charge in [-0.2, -0.15) is 0 Å². The van der Waals surface area contributed by atoms with Crippen LogP contribution in [0.1, 0.15) is 68.6 Å². The van der Waals surface area contributed by atoms with Gasteiger partial charge in [-0.15, -0.1) is 0 Å². The molecule has 3 heterocycles. The van der Waals surface area contributed by atoms with Gasteiger partial charge in [-0.25, -0.2) is 13.8 Å². The Morgan fingerprint density at radius 3 is 2.40 bits per heavy atom. The Balaban J connectivity index is 1.31. The van der Waals surface area contributed by atoms with Crippen LogP contribution in [0.25, 0.3) is 16.7 Å². The van der Waals surface area contributed by atoms with E-state index >= 15 is 0 Å². The van der Waals surface area contributed by atoms with Crippen LogP contribution in [-0.4, -0.2) is 66.8 Å². The summed E-state index contributed by atoms with van der Waals surface area (Å²) < 4.78 is 36.6. The van der Waals surface area contributed by atoms with E-state index in [0.717, 1.165) is 31.4 Å². The Hall–Kier alpha value is -4.02. The summed E-state index contributed by atoms with van der Waals surface area (Å²) in [4.78, 5) is 33.4. The van der Waals surface area contributed by atoms with Crippen molar-refractivity contribution in [1.82, 2.24) is 9.55 Å². The van der Waals surface area contributed by atoms with E-state index in [4.69, 9.17) is 21.3 Å². The number of aromatic nitrogens is 2. The quantitative estimate of drug-likeness (QED) is 0.108. The van der Waals surface area contributed by atoms with E-state index in [1.807, 2.05) is 14.1 Å². The molecule has 256 valence electrons. The number of benzene rings is 2. The molecule has 2 aromatic heterocycles. The lowest BCUT2D eigenvalue weighted by atomic mass is 10.1. The first-order chi connectivity index (χ1) is 23.1. The number of fused-ring (bicyclic) bond motifs is 1. The second kappa shape index (κ2) is 15.9. The lowest BCUT2D eigenvalue weighted by molar-refractivity contribution is -0.931. The predicted molar refractivity (Wildman–Crippen MR) is 189 cm³/mol. The zero-order valence-electron chi connectivity index (χ0n) is 28.0. The summed E-state index contributed by atoms with van der Waals surface area (Å²) in [7, 11) is 3.67. The molecule has 0 atom stereocenters. The van der Waals surface area contributed by atoms with Crippen LogP contribution in [0, 0.1) is 11.6 Å². The maximum atomic E-state index is 13.8. The van der Waals surface area contributed by atoms with Crippen molar-refractivity contribution in [3.8, 4) is 11.4 Å². The number of likely N-dealkylation sites (tertiary alicyclic amines) is 1. The molecule has 1 aliphatic heterocycles. The van der Waals surface area contributed by atoms with Crippen molar-refractivity contribution in [2.75, 3.05) is 57.1 Å². The number of pyridine rings is 2. The lowest BCUT2D eigenvalue weighted by Crippen LogP contribution is -2.51. The second-order valence-electron chi connectivity index (χ2n) is 12.9. The molecular formula is C37H45ClF2N5O3+. The maximum Gasteiger partial charge on any atom is 0.261 e. The number of ether oxygens (including phenoxy) is 1. The van der Waals surface area contributed by atoms with Crippen LogP contribution in [0.5, 0.6) is 5.75 Å². The van der Waals surface area contributed by atoms with Gasteiger partial charge in [-0.3, -0.25) is 9.59 Å². The summed E-state index contributed by atoms with van der Waals surface area (Å²) in [5.74, 6) is -1.43. The number of rotatable bonds is 14. The number of quaternary nitrogens is 1. The average Bonchev–Trinajstić information content (AvgIpc) is 3.06. The van der Waals surface area contributed by atoms with E-state index in [-0.39, 0.29) is 16.6 Å². The molecule has 1 saturated heterocycles. The highest BCUT2D eigenvalue weighted by atomic mass is 35.5. The first-order valence-electron chi connectivity index (χ1n) is 16.9. The molecule has 0 bridgehead atoms. The minimum atomic E-state index is -0.853. The fourth-order valence-corrected chi connectivity index (χ4v) is 6.69. The van der Waals surface area contributed by atoms with E-state index in [1.165, 1.54) is 69.0 Å². The van der Waals surface area contributed by atoms with E-state index < -0.39 is 23.0 Å². The molecule has 5 rings (SSSR count). The standard InChI is InChI=1S/C37H44ClF2N5O3/c1-4-45(18-10-8-11-19-45)17-9-6-5-7-12-20-48-33-24-29(13-15-32(33)38)44-25-31(37(47)41-28-22-26(39)21-27(40)23-28)35(46)30-14-16-34(43(2)3)42-36(30)44/h13-16,21-25H,4-12,17-20H2,1-3H3/p+1. The molecule has 8 nitrogen and oxygen atoms in total. The molecule has 2 aromatic carbocycles. The molecule has 0 unspecified atom stereocenters. The first kappa shape index (κ1) is 35.3. The number of anilines is 2. The van der Waals surface area contributed by atoms with Crippen LogP contribution < -0.4 is 20.4 Å². The maximum absolute atomic E-state index is 13.8. The van der Waals surface area contributed by atoms with Crippen LogP contribution in [0.4, 0.5) is 20.3 Å². The van der Waals surface area contributed by atoms with Crippen LogP contribution in [0.15, 0.2) is 59.5 Å². The number of halogens is 3. The number of unbranched alkanes of at least 4 members (excludes halogenated alkanes) is 4. The van der Waals surface area contributed by atoms with Gasteiger partial charge in [0.2, 0.25) is 5.43 Å². The molecule has 4 aromatic rings. The van der Waals surface area contributed by atoms with E-state index in [9.17, 15) is 18.4 Å². The average molecular weight is 681 g/mol. The molecule has 0 radical (unpaired) electrons. The van der Waals surface area contributed by atoms with Crippen LogP contribution in [0.3, 0.4) is 0 Å². The minimum Gasteiger partial charge on any atom is -0.492 e. The Morgan fingerprint density at radius 2 is 1.69 bits per heavy atom. The summed E-state index contributed by atoms with van der Waals surface area (Å²) in [6, 6.07) is 11.2. The largest absolute Gasteiger partial charge is 0.492 e. The van der Waals surface area contributed by atoms with Crippen molar-refractivity contribution in [2.45, 2.75) is 58.3 Å². The predicted octanol–water partition coefficient (Wildman–Crippen LogP) is 7.99. The highest BCUT2D eigenvalue weighted by molar-refractivity contribution is 6.32. The fraction of sp³-hybridized carbons (Fsp3) is 0.432. The third-order valence-electron chi connectivity index (χ3n) is 9.32. The molecule has 0 aliphatic carbocycles. The zero-order chi connectivity index (χ0) is 34.3. The van der Waals surface area contributed by atoms with Crippen molar-refractivity contribution in [1.29, 1.82) is 0 Å². The van der Waals surface area contributed by atoms with Gasteiger partial charge in [0.05, 0.1) is 48.9 Å². The highest BCUT2D eigenvalue weighted by Gasteiger charge is 2.27. The summed E-state index contributed by atoms with van der Waals surface area (Å²) in [6.45, 7) is 8.01. The molecular weight excluding hydrogens is 636 g/mol. The van der Waals surface area contributed by atoms with Gasteiger partial charge in [0, 0.05) is 38.1 Å².